The molecule has 62 valence electrons. The van der Waals surface area contributed by atoms with Crippen molar-refractivity contribution in [3.8, 4) is 0 Å². The van der Waals surface area contributed by atoms with Gasteiger partial charge in [-0.25, -0.2) is 4.98 Å². The lowest BCUT2D eigenvalue weighted by Crippen LogP contribution is -2.00. The van der Waals surface area contributed by atoms with E-state index in [2.05, 4.69) is 4.98 Å². The number of nitrogens with zero attached hydrogens (tertiary/aromatic N) is 1. The molecule has 0 aromatic carbocycles. The van der Waals surface area contributed by atoms with E-state index in [1.54, 1.807) is 18.3 Å². The molecule has 0 saturated heterocycles. The zero-order valence-corrected chi connectivity index (χ0v) is 7.21. The Morgan fingerprint density at radius 1 is 1.58 bits per heavy atom. The van der Waals surface area contributed by atoms with Crippen LogP contribution in [0.5, 0.6) is 0 Å². The van der Waals surface area contributed by atoms with Gasteiger partial charge in [0.25, 0.3) is 0 Å². The van der Waals surface area contributed by atoms with E-state index in [4.69, 9.17) is 11.6 Å². The molecule has 2 rings (SSSR count). The van der Waals surface area contributed by atoms with Gasteiger partial charge in [0.1, 0.15) is 5.15 Å². The molecule has 0 amide bonds. The Balaban J connectivity index is 2.26. The normalized spacial score (nSPS) is 16.1. The number of carbonyl (C=O) groups is 1. The maximum atomic E-state index is 11.5. The average Bonchev–Trinajstić information content (AvgIpc) is 2.85. The number of pyridine rings is 1. The molecule has 0 radical (unpaired) electrons. The first-order valence-corrected chi connectivity index (χ1v) is 4.31. The Morgan fingerprint density at radius 2 is 2.33 bits per heavy atom. The summed E-state index contributed by atoms with van der Waals surface area (Å²) >= 11 is 5.65. The lowest BCUT2D eigenvalue weighted by Gasteiger charge is -1.97. The van der Waals surface area contributed by atoms with E-state index in [9.17, 15) is 4.79 Å². The van der Waals surface area contributed by atoms with E-state index in [-0.39, 0.29) is 11.7 Å². The smallest absolute Gasteiger partial charge is 0.166 e. The van der Waals surface area contributed by atoms with Gasteiger partial charge in [-0.3, -0.25) is 4.79 Å². The molecule has 1 saturated carbocycles. The standard InChI is InChI=1S/C9H8ClNO/c10-8-5-7(3-4-11-8)9(12)6-1-2-6/h3-6H,1-2H2. The molecule has 1 fully saturated rings. The fraction of sp³-hybridized carbons (Fsp3) is 0.333. The molecule has 1 heterocycles. The predicted octanol–water partition coefficient (Wildman–Crippen LogP) is 2.33. The molecule has 1 aliphatic rings. The van der Waals surface area contributed by atoms with E-state index >= 15 is 0 Å². The monoisotopic (exact) mass is 181 g/mol. The Bertz CT molecular complexity index is 320. The molecule has 12 heavy (non-hydrogen) atoms. The molecule has 2 nitrogen and oxygen atoms in total. The molecule has 1 aromatic rings. The van der Waals surface area contributed by atoms with Crippen molar-refractivity contribution >= 4 is 17.4 Å². The van der Waals surface area contributed by atoms with Crippen molar-refractivity contribution in [2.45, 2.75) is 12.8 Å². The van der Waals surface area contributed by atoms with Crippen LogP contribution in [0.15, 0.2) is 18.3 Å². The number of carbonyl (C=O) groups excluding carboxylic acids is 1. The van der Waals surface area contributed by atoms with E-state index in [0.717, 1.165) is 12.8 Å². The van der Waals surface area contributed by atoms with Crippen molar-refractivity contribution in [3.05, 3.63) is 29.0 Å². The van der Waals surface area contributed by atoms with Crippen LogP contribution in [0.2, 0.25) is 5.15 Å². The quantitative estimate of drug-likeness (QED) is 0.518. The Morgan fingerprint density at radius 3 is 2.92 bits per heavy atom. The molecule has 1 aliphatic carbocycles. The van der Waals surface area contributed by atoms with Gasteiger partial charge in [0.2, 0.25) is 0 Å². The highest BCUT2D eigenvalue weighted by atomic mass is 35.5. The molecule has 0 atom stereocenters. The maximum Gasteiger partial charge on any atom is 0.166 e. The highest BCUT2D eigenvalue weighted by Crippen LogP contribution is 2.32. The minimum absolute atomic E-state index is 0.208. The topological polar surface area (TPSA) is 30.0 Å². The molecular weight excluding hydrogens is 174 g/mol. The number of halogens is 1. The zero-order chi connectivity index (χ0) is 8.55. The molecule has 0 N–H and O–H groups in total. The Kier molecular flexibility index (Phi) is 1.85. The minimum Gasteiger partial charge on any atom is -0.294 e. The lowest BCUT2D eigenvalue weighted by molar-refractivity contribution is 0.0967. The Hall–Kier alpha value is -0.890. The van der Waals surface area contributed by atoms with Gasteiger partial charge >= 0.3 is 0 Å². The molecule has 1 aromatic heterocycles. The van der Waals surface area contributed by atoms with Crippen molar-refractivity contribution in [2.75, 3.05) is 0 Å². The molecule has 0 spiro atoms. The number of hydrogen-bond acceptors (Lipinski definition) is 2. The average molecular weight is 182 g/mol. The van der Waals surface area contributed by atoms with Gasteiger partial charge < -0.3 is 0 Å². The third-order valence-corrected chi connectivity index (χ3v) is 2.17. The second-order valence-corrected chi connectivity index (χ2v) is 3.39. The lowest BCUT2D eigenvalue weighted by atomic mass is 10.1. The molecule has 0 aliphatic heterocycles. The van der Waals surface area contributed by atoms with Crippen LogP contribution in [0.1, 0.15) is 23.2 Å². The maximum absolute atomic E-state index is 11.5. The highest BCUT2D eigenvalue weighted by molar-refractivity contribution is 6.29. The largest absolute Gasteiger partial charge is 0.294 e. The van der Waals surface area contributed by atoms with Gasteiger partial charge in [-0.1, -0.05) is 11.6 Å². The van der Waals surface area contributed by atoms with Crippen molar-refractivity contribution in [1.82, 2.24) is 4.98 Å². The van der Waals surface area contributed by atoms with Crippen molar-refractivity contribution in [1.29, 1.82) is 0 Å². The van der Waals surface area contributed by atoms with Crippen molar-refractivity contribution in [3.63, 3.8) is 0 Å². The van der Waals surface area contributed by atoms with Crippen LogP contribution in [-0.4, -0.2) is 10.8 Å². The Labute approximate surface area is 75.6 Å². The summed E-state index contributed by atoms with van der Waals surface area (Å²) in [6.07, 6.45) is 3.62. The second kappa shape index (κ2) is 2.87. The summed E-state index contributed by atoms with van der Waals surface area (Å²) in [6.45, 7) is 0. The summed E-state index contributed by atoms with van der Waals surface area (Å²) in [7, 11) is 0. The first-order chi connectivity index (χ1) is 5.77. The summed E-state index contributed by atoms with van der Waals surface area (Å²) in [4.78, 5) is 15.3. The number of rotatable bonds is 2. The van der Waals surface area contributed by atoms with Crippen LogP contribution in [-0.2, 0) is 0 Å². The number of hydrogen-bond donors (Lipinski definition) is 0. The fourth-order valence-electron chi connectivity index (χ4n) is 1.14. The third-order valence-electron chi connectivity index (χ3n) is 1.96. The minimum atomic E-state index is 0.208. The van der Waals surface area contributed by atoms with E-state index in [1.807, 2.05) is 0 Å². The van der Waals surface area contributed by atoms with E-state index in [0.29, 0.717) is 10.7 Å². The molecule has 0 unspecified atom stereocenters. The molecule has 0 bridgehead atoms. The predicted molar refractivity (Wildman–Crippen MR) is 46.3 cm³/mol. The van der Waals surface area contributed by atoms with Crippen LogP contribution >= 0.6 is 11.6 Å². The van der Waals surface area contributed by atoms with Crippen LogP contribution < -0.4 is 0 Å². The molecular formula is C9H8ClNO. The summed E-state index contributed by atoms with van der Waals surface area (Å²) in [5, 5.41) is 0.390. The molecule has 3 heteroatoms. The second-order valence-electron chi connectivity index (χ2n) is 3.01. The van der Waals surface area contributed by atoms with Crippen LogP contribution in [0.3, 0.4) is 0 Å². The van der Waals surface area contributed by atoms with E-state index < -0.39 is 0 Å². The van der Waals surface area contributed by atoms with Crippen LogP contribution in [0, 0.1) is 5.92 Å². The highest BCUT2D eigenvalue weighted by Gasteiger charge is 2.30. The SMILES string of the molecule is O=C(c1ccnc(Cl)c1)C1CC1. The summed E-state index contributed by atoms with van der Waals surface area (Å²) < 4.78 is 0. The third kappa shape index (κ3) is 1.48. The fourth-order valence-corrected chi connectivity index (χ4v) is 1.31. The van der Waals surface area contributed by atoms with Crippen molar-refractivity contribution < 1.29 is 4.79 Å². The zero-order valence-electron chi connectivity index (χ0n) is 6.46. The number of Topliss-reactive ketones (excluding diaryl/α,β-unsaturated/α-hetero) is 1. The summed E-state index contributed by atoms with van der Waals surface area (Å²) in [5.41, 5.74) is 0.692. The number of ketones is 1. The number of aromatic nitrogens is 1. The summed E-state index contributed by atoms with van der Waals surface area (Å²) in [5.74, 6) is 0.461. The van der Waals surface area contributed by atoms with Crippen LogP contribution in [0.25, 0.3) is 0 Å². The first-order valence-electron chi connectivity index (χ1n) is 3.93. The van der Waals surface area contributed by atoms with Gasteiger partial charge in [-0.05, 0) is 25.0 Å². The van der Waals surface area contributed by atoms with Gasteiger partial charge in [0.15, 0.2) is 5.78 Å². The van der Waals surface area contributed by atoms with Crippen molar-refractivity contribution in [2.24, 2.45) is 5.92 Å². The first kappa shape index (κ1) is 7.74. The van der Waals surface area contributed by atoms with Gasteiger partial charge in [0.05, 0.1) is 0 Å². The van der Waals surface area contributed by atoms with Gasteiger partial charge in [0, 0.05) is 17.7 Å². The van der Waals surface area contributed by atoms with Gasteiger partial charge in [-0.15, -0.1) is 0 Å². The van der Waals surface area contributed by atoms with Gasteiger partial charge in [-0.2, -0.15) is 0 Å². The van der Waals surface area contributed by atoms with E-state index in [1.165, 1.54) is 0 Å². The van der Waals surface area contributed by atoms with Crippen LogP contribution in [0.4, 0.5) is 0 Å². The summed E-state index contributed by atoms with van der Waals surface area (Å²) in [6, 6.07) is 3.34.